The summed E-state index contributed by atoms with van der Waals surface area (Å²) >= 11 is 0. The lowest BCUT2D eigenvalue weighted by Gasteiger charge is -2.11. The van der Waals surface area contributed by atoms with Crippen LogP contribution in [0.5, 0.6) is 0 Å². The van der Waals surface area contributed by atoms with E-state index in [4.69, 9.17) is 0 Å². The van der Waals surface area contributed by atoms with Crippen molar-refractivity contribution in [2.45, 2.75) is 0 Å². The van der Waals surface area contributed by atoms with E-state index in [0.29, 0.717) is 0 Å². The van der Waals surface area contributed by atoms with E-state index >= 15 is 0 Å². The van der Waals surface area contributed by atoms with Crippen molar-refractivity contribution in [3.05, 3.63) is 182 Å². The summed E-state index contributed by atoms with van der Waals surface area (Å²) in [5, 5.41) is 7.50. The zero-order valence-electron chi connectivity index (χ0n) is 26.2. The molecule has 8 aromatic carbocycles. The molecule has 2 nitrogen and oxygen atoms in total. The second-order valence-corrected chi connectivity index (χ2v) is 12.6. The van der Waals surface area contributed by atoms with Gasteiger partial charge in [0.25, 0.3) is 0 Å². The lowest BCUT2D eigenvalue weighted by Crippen LogP contribution is -1.94. The SMILES string of the molecule is c1ccc(-c2ccc(-c3ccc4cc(-n5c6ccccc6c6cc7c(cc65)c5ccccc5n7-c5ccccc5)ccc4c3)cc2)cc1. The fourth-order valence-corrected chi connectivity index (χ4v) is 7.60. The molecule has 10 aromatic rings. The average molecular weight is 611 g/mol. The molecule has 0 saturated carbocycles. The fourth-order valence-electron chi connectivity index (χ4n) is 7.60. The van der Waals surface area contributed by atoms with Crippen LogP contribution in [-0.4, -0.2) is 9.13 Å². The minimum absolute atomic E-state index is 1.17. The third kappa shape index (κ3) is 4.13. The molecule has 0 bridgehead atoms. The van der Waals surface area contributed by atoms with Gasteiger partial charge in [0.15, 0.2) is 0 Å². The first-order chi connectivity index (χ1) is 23.8. The summed E-state index contributed by atoms with van der Waals surface area (Å²) in [6.45, 7) is 0. The van der Waals surface area contributed by atoms with Crippen LogP contribution in [0.1, 0.15) is 0 Å². The summed E-state index contributed by atoms with van der Waals surface area (Å²) in [4.78, 5) is 0. The second kappa shape index (κ2) is 10.6. The summed E-state index contributed by atoms with van der Waals surface area (Å²) < 4.78 is 4.84. The monoisotopic (exact) mass is 610 g/mol. The van der Waals surface area contributed by atoms with Gasteiger partial charge in [0.2, 0.25) is 0 Å². The predicted octanol–water partition coefficient (Wildman–Crippen LogP) is 12.4. The first kappa shape index (κ1) is 26.8. The minimum Gasteiger partial charge on any atom is -0.309 e. The normalized spacial score (nSPS) is 11.8. The van der Waals surface area contributed by atoms with Crippen LogP contribution in [0.2, 0.25) is 0 Å². The fraction of sp³-hybridized carbons (Fsp3) is 0. The van der Waals surface area contributed by atoms with E-state index in [2.05, 4.69) is 191 Å². The number of aromatic nitrogens is 2. The van der Waals surface area contributed by atoms with Gasteiger partial charge >= 0.3 is 0 Å². The molecule has 0 aliphatic carbocycles. The topological polar surface area (TPSA) is 9.86 Å². The molecule has 0 spiro atoms. The number of benzene rings is 8. The highest BCUT2D eigenvalue weighted by Gasteiger charge is 2.18. The van der Waals surface area contributed by atoms with E-state index in [9.17, 15) is 0 Å². The third-order valence-electron chi connectivity index (χ3n) is 9.89. The summed E-state index contributed by atoms with van der Waals surface area (Å²) in [5.74, 6) is 0. The molecular weight excluding hydrogens is 581 g/mol. The van der Waals surface area contributed by atoms with Crippen LogP contribution in [0.3, 0.4) is 0 Å². The quantitative estimate of drug-likeness (QED) is 0.188. The second-order valence-electron chi connectivity index (χ2n) is 12.6. The van der Waals surface area contributed by atoms with Crippen LogP contribution in [-0.2, 0) is 0 Å². The van der Waals surface area contributed by atoms with E-state index in [0.717, 1.165) is 0 Å². The molecule has 2 aromatic heterocycles. The first-order valence-electron chi connectivity index (χ1n) is 16.5. The third-order valence-corrected chi connectivity index (χ3v) is 9.89. The maximum absolute atomic E-state index is 2.44. The van der Waals surface area contributed by atoms with Crippen molar-refractivity contribution in [2.24, 2.45) is 0 Å². The Hall–Kier alpha value is -6.38. The van der Waals surface area contributed by atoms with Crippen LogP contribution < -0.4 is 0 Å². The number of hydrogen-bond donors (Lipinski definition) is 0. The number of para-hydroxylation sites is 3. The highest BCUT2D eigenvalue weighted by atomic mass is 15.0. The van der Waals surface area contributed by atoms with Gasteiger partial charge in [-0.05, 0) is 87.6 Å². The van der Waals surface area contributed by atoms with E-state index in [1.165, 1.54) is 88.0 Å². The van der Waals surface area contributed by atoms with E-state index in [1.807, 2.05) is 0 Å². The molecule has 0 atom stereocenters. The Morgan fingerprint density at radius 2 is 0.708 bits per heavy atom. The number of rotatable bonds is 4. The average Bonchev–Trinajstić information content (AvgIpc) is 3.66. The highest BCUT2D eigenvalue weighted by Crippen LogP contribution is 2.40. The molecule has 10 rings (SSSR count). The molecular formula is C46H30N2. The van der Waals surface area contributed by atoms with E-state index in [-0.39, 0.29) is 0 Å². The molecule has 0 aliphatic rings. The number of nitrogens with zero attached hydrogens (tertiary/aromatic N) is 2. The highest BCUT2D eigenvalue weighted by molar-refractivity contribution is 6.19. The van der Waals surface area contributed by atoms with Crippen molar-refractivity contribution in [2.75, 3.05) is 0 Å². The van der Waals surface area contributed by atoms with Gasteiger partial charge in [0, 0.05) is 32.9 Å². The Morgan fingerprint density at radius 3 is 1.35 bits per heavy atom. The van der Waals surface area contributed by atoms with E-state index < -0.39 is 0 Å². The number of hydrogen-bond acceptors (Lipinski definition) is 0. The Morgan fingerprint density at radius 1 is 0.250 bits per heavy atom. The van der Waals surface area contributed by atoms with Gasteiger partial charge in [-0.1, -0.05) is 127 Å². The molecule has 0 unspecified atom stereocenters. The van der Waals surface area contributed by atoms with E-state index in [1.54, 1.807) is 0 Å². The van der Waals surface area contributed by atoms with Crippen LogP contribution in [0.4, 0.5) is 0 Å². The first-order valence-corrected chi connectivity index (χ1v) is 16.5. The van der Waals surface area contributed by atoms with Crippen LogP contribution in [0.25, 0.3) is 88.0 Å². The van der Waals surface area contributed by atoms with Crippen LogP contribution in [0.15, 0.2) is 182 Å². The Labute approximate surface area is 278 Å². The van der Waals surface area contributed by atoms with Gasteiger partial charge < -0.3 is 9.13 Å². The smallest absolute Gasteiger partial charge is 0.0548 e. The molecule has 224 valence electrons. The molecule has 0 saturated heterocycles. The molecule has 2 heterocycles. The van der Waals surface area contributed by atoms with Gasteiger partial charge in [-0.3, -0.25) is 0 Å². The van der Waals surface area contributed by atoms with Crippen LogP contribution >= 0.6 is 0 Å². The lowest BCUT2D eigenvalue weighted by molar-refractivity contribution is 1.18. The molecule has 48 heavy (non-hydrogen) atoms. The largest absolute Gasteiger partial charge is 0.309 e. The maximum Gasteiger partial charge on any atom is 0.0548 e. The standard InChI is InChI=1S/C46H30N2/c1-3-11-31(12-4-1)32-19-21-33(22-20-32)34-23-24-36-28-38(26-25-35(36)27-34)48-44-18-10-8-16-40(44)42-29-45-41(30-46(42)48)39-15-7-9-17-43(39)47(45)37-13-5-2-6-14-37/h1-30H. The van der Waals surface area contributed by atoms with Gasteiger partial charge in [0.05, 0.1) is 22.1 Å². The molecule has 0 fully saturated rings. The van der Waals surface area contributed by atoms with Crippen molar-refractivity contribution < 1.29 is 0 Å². The molecule has 0 N–H and O–H groups in total. The van der Waals surface area contributed by atoms with Crippen LogP contribution in [0, 0.1) is 0 Å². The van der Waals surface area contributed by atoms with Crippen molar-refractivity contribution in [3.8, 4) is 33.6 Å². The maximum atomic E-state index is 2.44. The molecule has 0 radical (unpaired) electrons. The van der Waals surface area contributed by atoms with Gasteiger partial charge in [-0.25, -0.2) is 0 Å². The van der Waals surface area contributed by atoms with Crippen molar-refractivity contribution in [1.29, 1.82) is 0 Å². The van der Waals surface area contributed by atoms with Gasteiger partial charge in [0.1, 0.15) is 0 Å². The summed E-state index contributed by atoms with van der Waals surface area (Å²) in [5.41, 5.74) is 12.1. The minimum atomic E-state index is 1.17. The Bertz CT molecular complexity index is 2800. The number of fused-ring (bicyclic) bond motifs is 7. The van der Waals surface area contributed by atoms with Crippen molar-refractivity contribution in [1.82, 2.24) is 9.13 Å². The van der Waals surface area contributed by atoms with Crippen molar-refractivity contribution >= 4 is 54.4 Å². The Balaban J connectivity index is 1.13. The zero-order valence-corrected chi connectivity index (χ0v) is 26.2. The molecule has 2 heteroatoms. The zero-order chi connectivity index (χ0) is 31.6. The predicted molar refractivity (Wildman–Crippen MR) is 203 cm³/mol. The Kier molecular flexibility index (Phi) is 5.91. The molecule has 0 amide bonds. The van der Waals surface area contributed by atoms with Gasteiger partial charge in [-0.2, -0.15) is 0 Å². The van der Waals surface area contributed by atoms with Crippen molar-refractivity contribution in [3.63, 3.8) is 0 Å². The summed E-state index contributed by atoms with van der Waals surface area (Å²) in [6.07, 6.45) is 0. The molecule has 0 aliphatic heterocycles. The van der Waals surface area contributed by atoms with Gasteiger partial charge in [-0.15, -0.1) is 0 Å². The lowest BCUT2D eigenvalue weighted by atomic mass is 9.98. The summed E-state index contributed by atoms with van der Waals surface area (Å²) in [7, 11) is 0. The summed E-state index contributed by atoms with van der Waals surface area (Å²) in [6, 6.07) is 66.2.